The number of nitrogens with zero attached hydrogens (tertiary/aromatic N) is 2. The number of halogens is 1. The van der Waals surface area contributed by atoms with Gasteiger partial charge < -0.3 is 9.15 Å². The van der Waals surface area contributed by atoms with Crippen LogP contribution in [-0.2, 0) is 18.6 Å². The van der Waals surface area contributed by atoms with E-state index >= 15 is 0 Å². The van der Waals surface area contributed by atoms with E-state index < -0.39 is 26.2 Å². The zero-order chi connectivity index (χ0) is 15.8. The van der Waals surface area contributed by atoms with E-state index in [-0.39, 0.29) is 37.0 Å². The minimum Gasteiger partial charge on any atom is -0.460 e. The van der Waals surface area contributed by atoms with E-state index in [4.69, 9.17) is 19.8 Å². The van der Waals surface area contributed by atoms with E-state index in [9.17, 15) is 18.0 Å². The molecule has 10 heteroatoms. The van der Waals surface area contributed by atoms with Crippen LogP contribution in [-0.4, -0.2) is 43.7 Å². The molecule has 0 spiro atoms. The Morgan fingerprint density at radius 2 is 2.24 bits per heavy atom. The van der Waals surface area contributed by atoms with Crippen LogP contribution in [0.15, 0.2) is 4.42 Å². The Kier molecular flexibility index (Phi) is 4.24. The molecule has 2 heterocycles. The maximum Gasteiger partial charge on any atom is 0.376 e. The molecule has 0 saturated carbocycles. The van der Waals surface area contributed by atoms with Crippen molar-refractivity contribution in [2.45, 2.75) is 25.5 Å². The topological polar surface area (TPSA) is 107 Å². The summed E-state index contributed by atoms with van der Waals surface area (Å²) in [6.45, 7) is 3.18. The number of rotatable bonds is 4. The van der Waals surface area contributed by atoms with Crippen molar-refractivity contribution in [2.24, 2.45) is 0 Å². The van der Waals surface area contributed by atoms with Gasteiger partial charge in [0, 0.05) is 23.6 Å². The molecule has 1 aromatic rings. The van der Waals surface area contributed by atoms with Crippen LogP contribution in [0.4, 0.5) is 6.01 Å². The minimum atomic E-state index is -3.86. The number of amides is 1. The average molecular weight is 337 g/mol. The van der Waals surface area contributed by atoms with Crippen molar-refractivity contribution >= 4 is 37.6 Å². The fraction of sp³-hybridized carbons (Fsp3) is 0.545. The van der Waals surface area contributed by atoms with Crippen LogP contribution in [0.25, 0.3) is 0 Å². The normalized spacial score (nSPS) is 19.1. The summed E-state index contributed by atoms with van der Waals surface area (Å²) in [6.07, 6.45) is -0.248. The van der Waals surface area contributed by atoms with Gasteiger partial charge in [-0.1, -0.05) is 0 Å². The maximum absolute atomic E-state index is 11.8. The first kappa shape index (κ1) is 15.8. The number of anilines is 1. The van der Waals surface area contributed by atoms with Gasteiger partial charge in [0.05, 0.1) is 12.3 Å². The van der Waals surface area contributed by atoms with E-state index in [0.717, 1.165) is 4.90 Å². The van der Waals surface area contributed by atoms with Gasteiger partial charge in [0.2, 0.25) is 20.7 Å². The molecular formula is C11H13ClN2O6S. The summed E-state index contributed by atoms with van der Waals surface area (Å²) in [6, 6.07) is -0.136. The number of oxazole rings is 1. The van der Waals surface area contributed by atoms with Crippen molar-refractivity contribution < 1.29 is 27.2 Å². The fourth-order valence-electron chi connectivity index (χ4n) is 1.93. The smallest absolute Gasteiger partial charge is 0.376 e. The number of aromatic nitrogens is 1. The molecular weight excluding hydrogens is 324 g/mol. The second-order valence-corrected chi connectivity index (χ2v) is 7.35. The summed E-state index contributed by atoms with van der Waals surface area (Å²) in [4.78, 5) is 28.5. The highest BCUT2D eigenvalue weighted by atomic mass is 35.7. The first-order valence-corrected chi connectivity index (χ1v) is 8.49. The molecule has 0 aliphatic carbocycles. The molecule has 2 rings (SSSR count). The first-order valence-electron chi connectivity index (χ1n) is 6.12. The van der Waals surface area contributed by atoms with E-state index in [1.807, 2.05) is 0 Å². The number of aryl methyl sites for hydroxylation is 1. The predicted octanol–water partition coefficient (Wildman–Crippen LogP) is 0.834. The van der Waals surface area contributed by atoms with Crippen LogP contribution in [0.3, 0.4) is 0 Å². The van der Waals surface area contributed by atoms with Crippen LogP contribution in [0.2, 0.25) is 0 Å². The molecule has 1 fully saturated rings. The summed E-state index contributed by atoms with van der Waals surface area (Å²) in [5, 5.41) is -1.02. The first-order chi connectivity index (χ1) is 9.74. The van der Waals surface area contributed by atoms with Gasteiger partial charge in [-0.25, -0.2) is 13.2 Å². The molecule has 1 atom stereocenters. The molecule has 1 amide bonds. The number of hydrogen-bond donors (Lipinski definition) is 0. The van der Waals surface area contributed by atoms with Crippen molar-refractivity contribution in [2.75, 3.05) is 18.1 Å². The van der Waals surface area contributed by atoms with Gasteiger partial charge in [-0.3, -0.25) is 9.69 Å². The molecule has 1 unspecified atom stereocenters. The van der Waals surface area contributed by atoms with Gasteiger partial charge in [-0.2, -0.15) is 4.98 Å². The van der Waals surface area contributed by atoms with Crippen molar-refractivity contribution in [3.05, 3.63) is 11.5 Å². The van der Waals surface area contributed by atoms with Crippen molar-refractivity contribution in [3.8, 4) is 0 Å². The molecule has 21 heavy (non-hydrogen) atoms. The highest BCUT2D eigenvalue weighted by Crippen LogP contribution is 2.27. The van der Waals surface area contributed by atoms with Gasteiger partial charge in [0.25, 0.3) is 0 Å². The predicted molar refractivity (Wildman–Crippen MR) is 72.7 cm³/mol. The Bertz CT molecular complexity index is 683. The van der Waals surface area contributed by atoms with Gasteiger partial charge in [-0.05, 0) is 13.8 Å². The second kappa shape index (κ2) is 5.64. The quantitative estimate of drug-likeness (QED) is 0.592. The molecule has 1 aromatic heterocycles. The molecule has 1 saturated heterocycles. The fourth-order valence-corrected chi connectivity index (χ4v) is 2.96. The standard InChI is InChI=1S/C11H13ClN2O6S/c1-3-19-10(16)9-6(2)13-11(20-9)14-5-7(4-8(14)15)21(12,17)18/h7H,3-5H2,1-2H3. The van der Waals surface area contributed by atoms with Gasteiger partial charge in [0.15, 0.2) is 0 Å². The molecule has 0 radical (unpaired) electrons. The monoisotopic (exact) mass is 336 g/mol. The second-order valence-electron chi connectivity index (χ2n) is 4.44. The van der Waals surface area contributed by atoms with Crippen molar-refractivity contribution in [1.29, 1.82) is 0 Å². The number of hydrogen-bond acceptors (Lipinski definition) is 7. The Morgan fingerprint density at radius 3 is 2.76 bits per heavy atom. The third-order valence-corrected chi connectivity index (χ3v) is 4.83. The van der Waals surface area contributed by atoms with Crippen molar-refractivity contribution in [3.63, 3.8) is 0 Å². The summed E-state index contributed by atoms with van der Waals surface area (Å²) >= 11 is 0. The van der Waals surface area contributed by atoms with E-state index in [2.05, 4.69) is 4.98 Å². The van der Waals surface area contributed by atoms with E-state index in [1.54, 1.807) is 6.92 Å². The number of carbonyl (C=O) groups is 2. The third kappa shape index (κ3) is 3.18. The van der Waals surface area contributed by atoms with Crippen LogP contribution >= 0.6 is 10.7 Å². The maximum atomic E-state index is 11.8. The molecule has 0 aromatic carbocycles. The van der Waals surface area contributed by atoms with Crippen LogP contribution < -0.4 is 4.90 Å². The lowest BCUT2D eigenvalue weighted by molar-refractivity contribution is -0.117. The Balaban J connectivity index is 2.26. The zero-order valence-electron chi connectivity index (χ0n) is 11.3. The third-order valence-electron chi connectivity index (χ3n) is 2.96. The molecule has 0 N–H and O–H groups in total. The average Bonchev–Trinajstić information content (AvgIpc) is 2.92. The SMILES string of the molecule is CCOC(=O)c1oc(N2CC(S(=O)(=O)Cl)CC2=O)nc1C. The summed E-state index contributed by atoms with van der Waals surface area (Å²) in [5.74, 6) is -1.29. The largest absolute Gasteiger partial charge is 0.460 e. The highest BCUT2D eigenvalue weighted by molar-refractivity contribution is 8.14. The molecule has 8 nitrogen and oxygen atoms in total. The summed E-state index contributed by atoms with van der Waals surface area (Å²) in [5.41, 5.74) is 0.258. The van der Waals surface area contributed by atoms with Gasteiger partial charge in [0.1, 0.15) is 5.25 Å². The number of esters is 1. The molecule has 116 valence electrons. The van der Waals surface area contributed by atoms with Crippen molar-refractivity contribution in [1.82, 2.24) is 4.98 Å². The number of ether oxygens (including phenoxy) is 1. The lowest BCUT2D eigenvalue weighted by atomic mass is 10.4. The molecule has 1 aliphatic rings. The van der Waals surface area contributed by atoms with E-state index in [0.29, 0.717) is 0 Å². The van der Waals surface area contributed by atoms with Crippen LogP contribution in [0, 0.1) is 6.92 Å². The molecule has 0 bridgehead atoms. The van der Waals surface area contributed by atoms with E-state index in [1.165, 1.54) is 6.92 Å². The molecule has 1 aliphatic heterocycles. The van der Waals surface area contributed by atoms with Gasteiger partial charge >= 0.3 is 12.0 Å². The van der Waals surface area contributed by atoms with Crippen LogP contribution in [0.5, 0.6) is 0 Å². The van der Waals surface area contributed by atoms with Crippen LogP contribution in [0.1, 0.15) is 29.6 Å². The zero-order valence-corrected chi connectivity index (χ0v) is 12.9. The lowest BCUT2D eigenvalue weighted by Gasteiger charge is -2.10. The highest BCUT2D eigenvalue weighted by Gasteiger charge is 2.40. The summed E-state index contributed by atoms with van der Waals surface area (Å²) in [7, 11) is 1.40. The van der Waals surface area contributed by atoms with Gasteiger partial charge in [-0.15, -0.1) is 0 Å². The minimum absolute atomic E-state index is 0.114. The lowest BCUT2D eigenvalue weighted by Crippen LogP contribution is -2.27. The Morgan fingerprint density at radius 1 is 1.57 bits per heavy atom. The summed E-state index contributed by atoms with van der Waals surface area (Å²) < 4.78 is 32.6. The number of carbonyl (C=O) groups excluding carboxylic acids is 2. The Labute approximate surface area is 125 Å². The Hall–Kier alpha value is -1.61.